The van der Waals surface area contributed by atoms with Crippen molar-refractivity contribution in [1.82, 2.24) is 9.78 Å². The molecule has 0 aliphatic heterocycles. The van der Waals surface area contributed by atoms with Gasteiger partial charge in [-0.1, -0.05) is 36.4 Å². The van der Waals surface area contributed by atoms with Crippen LogP contribution in [-0.4, -0.2) is 22.8 Å². The van der Waals surface area contributed by atoms with Gasteiger partial charge >= 0.3 is 0 Å². The number of nitrogens with zero attached hydrogens (tertiary/aromatic N) is 2. The predicted molar refractivity (Wildman–Crippen MR) is 93.5 cm³/mol. The molecule has 1 heterocycles. The average Bonchev–Trinajstić information content (AvgIpc) is 3.05. The van der Waals surface area contributed by atoms with E-state index >= 15 is 0 Å². The predicted octanol–water partition coefficient (Wildman–Crippen LogP) is 3.50. The van der Waals surface area contributed by atoms with Crippen molar-refractivity contribution in [3.05, 3.63) is 77.6 Å². The minimum Gasteiger partial charge on any atom is -0.495 e. The smallest absolute Gasteiger partial charge is 0.258 e. The highest BCUT2D eigenvalue weighted by Gasteiger charge is 2.12. The van der Waals surface area contributed by atoms with E-state index in [0.717, 1.165) is 11.1 Å². The maximum atomic E-state index is 12.4. The van der Waals surface area contributed by atoms with E-state index < -0.39 is 0 Å². The molecule has 0 spiro atoms. The lowest BCUT2D eigenvalue weighted by molar-refractivity contribution is 0.102. The van der Waals surface area contributed by atoms with Crippen LogP contribution < -0.4 is 10.1 Å². The van der Waals surface area contributed by atoms with E-state index in [-0.39, 0.29) is 5.91 Å². The van der Waals surface area contributed by atoms with Gasteiger partial charge < -0.3 is 10.1 Å². The second-order valence-corrected chi connectivity index (χ2v) is 5.57. The molecule has 3 rings (SSSR count). The number of aromatic nitrogens is 2. The number of carbonyl (C=O) groups is 1. The van der Waals surface area contributed by atoms with Crippen LogP contribution in [0.1, 0.15) is 21.5 Å². The van der Waals surface area contributed by atoms with E-state index in [4.69, 9.17) is 4.74 Å². The molecule has 5 heteroatoms. The molecule has 3 aromatic rings. The Labute approximate surface area is 140 Å². The Bertz CT molecular complexity index is 841. The van der Waals surface area contributed by atoms with Gasteiger partial charge in [-0.2, -0.15) is 5.10 Å². The van der Waals surface area contributed by atoms with Crippen LogP contribution in [0.4, 0.5) is 5.69 Å². The fourth-order valence-electron chi connectivity index (χ4n) is 2.45. The molecule has 0 aliphatic rings. The number of methoxy groups -OCH3 is 1. The van der Waals surface area contributed by atoms with Crippen LogP contribution in [0.2, 0.25) is 0 Å². The van der Waals surface area contributed by atoms with E-state index in [0.29, 0.717) is 23.5 Å². The zero-order valence-electron chi connectivity index (χ0n) is 13.7. The van der Waals surface area contributed by atoms with Crippen molar-refractivity contribution in [2.45, 2.75) is 13.5 Å². The monoisotopic (exact) mass is 321 g/mol. The molecule has 0 radical (unpaired) electrons. The minimum absolute atomic E-state index is 0.210. The molecule has 0 saturated heterocycles. The van der Waals surface area contributed by atoms with Gasteiger partial charge in [0.05, 0.1) is 31.1 Å². The molecule has 122 valence electrons. The molecular weight excluding hydrogens is 302 g/mol. The van der Waals surface area contributed by atoms with Gasteiger partial charge in [-0.25, -0.2) is 0 Å². The lowest BCUT2D eigenvalue weighted by atomic mass is 10.2. The highest BCUT2D eigenvalue weighted by atomic mass is 16.5. The third kappa shape index (κ3) is 3.63. The molecule has 1 amide bonds. The first kappa shape index (κ1) is 15.8. The molecule has 0 aliphatic carbocycles. The molecular formula is C19H19N3O2. The van der Waals surface area contributed by atoms with Gasteiger partial charge in [0.15, 0.2) is 0 Å². The molecule has 0 fully saturated rings. The summed E-state index contributed by atoms with van der Waals surface area (Å²) in [6.45, 7) is 2.59. The Balaban J connectivity index is 1.73. The molecule has 0 atom stereocenters. The molecule has 5 nitrogen and oxygen atoms in total. The third-order valence-corrected chi connectivity index (χ3v) is 3.69. The first-order chi connectivity index (χ1) is 11.7. The van der Waals surface area contributed by atoms with Gasteiger partial charge in [0.2, 0.25) is 0 Å². The molecule has 24 heavy (non-hydrogen) atoms. The maximum Gasteiger partial charge on any atom is 0.258 e. The van der Waals surface area contributed by atoms with Crippen LogP contribution in [0, 0.1) is 6.92 Å². The van der Waals surface area contributed by atoms with Crippen molar-refractivity contribution in [2.24, 2.45) is 0 Å². The zero-order chi connectivity index (χ0) is 16.9. The number of hydrogen-bond acceptors (Lipinski definition) is 3. The van der Waals surface area contributed by atoms with Gasteiger partial charge in [-0.15, -0.1) is 0 Å². The van der Waals surface area contributed by atoms with Crippen LogP contribution >= 0.6 is 0 Å². The summed E-state index contributed by atoms with van der Waals surface area (Å²) in [5, 5.41) is 7.14. The van der Waals surface area contributed by atoms with Crippen molar-refractivity contribution in [3.8, 4) is 5.75 Å². The first-order valence-electron chi connectivity index (χ1n) is 7.68. The van der Waals surface area contributed by atoms with Gasteiger partial charge in [0, 0.05) is 6.20 Å². The zero-order valence-corrected chi connectivity index (χ0v) is 13.7. The number of rotatable bonds is 5. The highest BCUT2D eigenvalue weighted by molar-refractivity contribution is 6.04. The van der Waals surface area contributed by atoms with E-state index in [9.17, 15) is 4.79 Å². The maximum absolute atomic E-state index is 12.4. The first-order valence-corrected chi connectivity index (χ1v) is 7.68. The molecule has 1 aromatic heterocycles. The Hall–Kier alpha value is -3.08. The van der Waals surface area contributed by atoms with Crippen molar-refractivity contribution >= 4 is 11.6 Å². The molecule has 2 aromatic carbocycles. The normalized spacial score (nSPS) is 10.4. The molecule has 0 saturated carbocycles. The fourth-order valence-corrected chi connectivity index (χ4v) is 2.45. The summed E-state index contributed by atoms with van der Waals surface area (Å²) in [5.74, 6) is 0.420. The molecule has 0 bridgehead atoms. The number of anilines is 1. The van der Waals surface area contributed by atoms with Crippen molar-refractivity contribution in [1.29, 1.82) is 0 Å². The summed E-state index contributed by atoms with van der Waals surface area (Å²) < 4.78 is 7.03. The summed E-state index contributed by atoms with van der Waals surface area (Å²) in [6.07, 6.45) is 3.31. The molecule has 1 N–H and O–H groups in total. The van der Waals surface area contributed by atoms with Gasteiger partial charge in [-0.3, -0.25) is 9.48 Å². The lowest BCUT2D eigenvalue weighted by Gasteiger charge is -2.10. The quantitative estimate of drug-likeness (QED) is 0.782. The number of aryl methyl sites for hydroxylation is 1. The largest absolute Gasteiger partial charge is 0.495 e. The van der Waals surface area contributed by atoms with Gasteiger partial charge in [0.25, 0.3) is 5.91 Å². The van der Waals surface area contributed by atoms with Crippen LogP contribution in [0.15, 0.2) is 60.9 Å². The number of nitrogens with one attached hydrogen (secondary N) is 1. The summed E-state index contributed by atoms with van der Waals surface area (Å²) in [6, 6.07) is 15.6. The highest BCUT2D eigenvalue weighted by Crippen LogP contribution is 2.25. The van der Waals surface area contributed by atoms with Crippen LogP contribution in [-0.2, 0) is 6.54 Å². The number of amides is 1. The number of hydrogen-bond donors (Lipinski definition) is 1. The van der Waals surface area contributed by atoms with E-state index in [2.05, 4.69) is 10.4 Å². The summed E-state index contributed by atoms with van der Waals surface area (Å²) in [7, 11) is 1.58. The second kappa shape index (κ2) is 7.00. The van der Waals surface area contributed by atoms with E-state index in [1.807, 2.05) is 55.5 Å². The Morgan fingerprint density at radius 1 is 1.21 bits per heavy atom. The molecule has 0 unspecified atom stereocenters. The fraction of sp³-hybridized carbons (Fsp3) is 0.158. The summed E-state index contributed by atoms with van der Waals surface area (Å²) in [5.41, 5.74) is 3.34. The van der Waals surface area contributed by atoms with Crippen LogP contribution in [0.5, 0.6) is 5.75 Å². The topological polar surface area (TPSA) is 56.1 Å². The Morgan fingerprint density at radius 3 is 2.75 bits per heavy atom. The minimum atomic E-state index is -0.210. The van der Waals surface area contributed by atoms with Crippen LogP contribution in [0.3, 0.4) is 0 Å². The van der Waals surface area contributed by atoms with E-state index in [1.165, 1.54) is 0 Å². The number of carbonyl (C=O) groups excluding carboxylic acids is 1. The second-order valence-electron chi connectivity index (χ2n) is 5.57. The Morgan fingerprint density at radius 2 is 2.00 bits per heavy atom. The van der Waals surface area contributed by atoms with Crippen LogP contribution in [0.25, 0.3) is 0 Å². The third-order valence-electron chi connectivity index (χ3n) is 3.69. The van der Waals surface area contributed by atoms with E-state index in [1.54, 1.807) is 24.2 Å². The Kier molecular flexibility index (Phi) is 4.61. The van der Waals surface area contributed by atoms with Gasteiger partial charge in [0.1, 0.15) is 5.75 Å². The standard InChI is InChI=1S/C19H19N3O2/c1-14-8-9-18(24-2)17(10-14)21-19(23)16-11-20-22(13-16)12-15-6-4-3-5-7-15/h3-11,13H,12H2,1-2H3,(H,21,23). The lowest BCUT2D eigenvalue weighted by Crippen LogP contribution is -2.12. The SMILES string of the molecule is COc1ccc(C)cc1NC(=O)c1cnn(Cc2ccccc2)c1. The average molecular weight is 321 g/mol. The van der Waals surface area contributed by atoms with Gasteiger partial charge in [-0.05, 0) is 30.2 Å². The number of benzene rings is 2. The van der Waals surface area contributed by atoms with Crippen molar-refractivity contribution < 1.29 is 9.53 Å². The van der Waals surface area contributed by atoms with Crippen molar-refractivity contribution in [3.63, 3.8) is 0 Å². The number of ether oxygens (including phenoxy) is 1. The summed E-state index contributed by atoms with van der Waals surface area (Å²) in [4.78, 5) is 12.4. The summed E-state index contributed by atoms with van der Waals surface area (Å²) >= 11 is 0. The van der Waals surface area contributed by atoms with Crippen molar-refractivity contribution in [2.75, 3.05) is 12.4 Å².